The molecule has 0 atom stereocenters. The van der Waals surface area contributed by atoms with E-state index in [9.17, 15) is 19.5 Å². The molecule has 0 bridgehead atoms. The minimum absolute atomic E-state index is 0.0467. The number of likely N-dealkylation sites (N-methyl/N-ethyl adjacent to an activating group) is 1. The summed E-state index contributed by atoms with van der Waals surface area (Å²) >= 11 is 0. The Kier molecular flexibility index (Phi) is 40.9. The fourth-order valence-corrected chi connectivity index (χ4v) is 6.39. The Morgan fingerprint density at radius 2 is 0.927 bits per heavy atom. The molecular weight excluding hydrogens is 693 g/mol. The highest BCUT2D eigenvalue weighted by molar-refractivity contribution is 5.70. The molecule has 0 aromatic heterocycles. The molecule has 55 heavy (non-hydrogen) atoms. The third-order valence-corrected chi connectivity index (χ3v) is 9.98. The van der Waals surface area contributed by atoms with Crippen LogP contribution in [-0.2, 0) is 23.8 Å². The Morgan fingerprint density at radius 3 is 1.31 bits per heavy atom. The number of hydrogen-bond acceptors (Lipinski definition) is 8. The zero-order valence-corrected chi connectivity index (χ0v) is 36.0. The first-order valence-electron chi connectivity index (χ1n) is 22.9. The van der Waals surface area contributed by atoms with Crippen LogP contribution in [0.3, 0.4) is 0 Å². The van der Waals surface area contributed by atoms with Crippen LogP contribution >= 0.6 is 0 Å². The molecule has 0 spiro atoms. The Labute approximate surface area is 338 Å². The van der Waals surface area contributed by atoms with Crippen molar-refractivity contribution in [1.29, 1.82) is 0 Å². The van der Waals surface area contributed by atoms with E-state index < -0.39 is 12.2 Å². The third-order valence-electron chi connectivity index (χ3n) is 9.98. The quantitative estimate of drug-likeness (QED) is 0.0273. The average Bonchev–Trinajstić information content (AvgIpc) is 3.18. The summed E-state index contributed by atoms with van der Waals surface area (Å²) in [4.78, 5) is 39.5. The van der Waals surface area contributed by atoms with E-state index in [1.807, 2.05) is 11.8 Å². The number of carbonyl (C=O) groups excluding carboxylic acids is 3. The maximum atomic E-state index is 12.5. The van der Waals surface area contributed by atoms with Crippen LogP contribution < -0.4 is 5.32 Å². The summed E-state index contributed by atoms with van der Waals surface area (Å²) in [6, 6.07) is 0. The van der Waals surface area contributed by atoms with Crippen molar-refractivity contribution in [3.63, 3.8) is 0 Å². The van der Waals surface area contributed by atoms with E-state index in [-0.39, 0.29) is 31.8 Å². The van der Waals surface area contributed by atoms with Crippen molar-refractivity contribution in [1.82, 2.24) is 10.2 Å². The molecule has 9 nitrogen and oxygen atoms in total. The number of rotatable bonds is 41. The van der Waals surface area contributed by atoms with Crippen LogP contribution in [0.15, 0.2) is 24.3 Å². The van der Waals surface area contributed by atoms with Gasteiger partial charge >= 0.3 is 18.0 Å². The summed E-state index contributed by atoms with van der Waals surface area (Å²) in [6.07, 6.45) is 39.3. The molecule has 2 N–H and O–H groups in total. The van der Waals surface area contributed by atoms with Crippen LogP contribution in [-0.4, -0.2) is 80.1 Å². The van der Waals surface area contributed by atoms with Crippen LogP contribution in [0.2, 0.25) is 0 Å². The van der Waals surface area contributed by atoms with Gasteiger partial charge in [0.1, 0.15) is 13.2 Å². The van der Waals surface area contributed by atoms with Gasteiger partial charge in [0.15, 0.2) is 6.10 Å². The van der Waals surface area contributed by atoms with Crippen LogP contribution in [0.5, 0.6) is 0 Å². The van der Waals surface area contributed by atoms with Crippen molar-refractivity contribution in [3.05, 3.63) is 24.3 Å². The smallest absolute Gasteiger partial charge is 0.407 e. The Morgan fingerprint density at radius 1 is 0.545 bits per heavy atom. The molecule has 0 saturated carbocycles. The van der Waals surface area contributed by atoms with Gasteiger partial charge in [0.25, 0.3) is 0 Å². The second-order valence-electron chi connectivity index (χ2n) is 15.1. The van der Waals surface area contributed by atoms with Crippen molar-refractivity contribution in [3.8, 4) is 0 Å². The molecule has 0 aliphatic carbocycles. The van der Waals surface area contributed by atoms with E-state index in [0.29, 0.717) is 32.5 Å². The molecule has 322 valence electrons. The van der Waals surface area contributed by atoms with Crippen molar-refractivity contribution >= 4 is 18.0 Å². The number of unbranched alkanes of at least 4 members (excludes halogenated alkanes) is 22. The number of allylic oxidation sites excluding steroid dienone is 4. The first-order valence-corrected chi connectivity index (χ1v) is 22.9. The number of aliphatic hydroxyl groups is 1. The van der Waals surface area contributed by atoms with Gasteiger partial charge in [-0.25, -0.2) is 4.79 Å². The fraction of sp³-hybridized carbons (Fsp3) is 0.848. The van der Waals surface area contributed by atoms with E-state index >= 15 is 0 Å². The molecule has 0 rings (SSSR count). The van der Waals surface area contributed by atoms with Crippen LogP contribution in [0, 0.1) is 0 Å². The summed E-state index contributed by atoms with van der Waals surface area (Å²) in [5.41, 5.74) is 0. The molecule has 0 heterocycles. The lowest BCUT2D eigenvalue weighted by Gasteiger charge is -2.21. The van der Waals surface area contributed by atoms with E-state index in [2.05, 4.69) is 43.5 Å². The molecule has 1 amide bonds. The van der Waals surface area contributed by atoms with Gasteiger partial charge in [0.05, 0.1) is 6.61 Å². The summed E-state index contributed by atoms with van der Waals surface area (Å²) < 4.78 is 16.4. The fourth-order valence-electron chi connectivity index (χ4n) is 6.39. The number of aliphatic hydroxyl groups excluding tert-OH is 1. The number of esters is 2. The Hall–Kier alpha value is -2.39. The molecule has 0 aliphatic rings. The molecule has 0 saturated heterocycles. The minimum Gasteiger partial charge on any atom is -0.462 e. The molecule has 0 aliphatic heterocycles. The van der Waals surface area contributed by atoms with Gasteiger partial charge in [-0.15, -0.1) is 0 Å². The predicted molar refractivity (Wildman–Crippen MR) is 228 cm³/mol. The Balaban J connectivity index is 4.32. The second-order valence-corrected chi connectivity index (χ2v) is 15.1. The maximum absolute atomic E-state index is 12.5. The molecule has 9 heteroatoms. The zero-order chi connectivity index (χ0) is 40.3. The molecule has 0 unspecified atom stereocenters. The second kappa shape index (κ2) is 42.7. The zero-order valence-electron chi connectivity index (χ0n) is 36.0. The lowest BCUT2D eigenvalue weighted by Crippen LogP contribution is -2.39. The molecule has 0 aromatic carbocycles. The number of nitrogens with one attached hydrogen (secondary N) is 1. The SMILES string of the molecule is CCCCCCCCC=CCCCCCCCC(=O)OCC(COC(=O)CCCCCCCC=CCCCCCCCC)OC(=O)NCCN(CC)CCO. The number of hydrogen-bond donors (Lipinski definition) is 2. The van der Waals surface area contributed by atoms with E-state index in [0.717, 1.165) is 70.8 Å². The minimum atomic E-state index is -0.893. The van der Waals surface area contributed by atoms with E-state index in [4.69, 9.17) is 14.2 Å². The largest absolute Gasteiger partial charge is 0.462 e. The van der Waals surface area contributed by atoms with Crippen molar-refractivity contribution < 1.29 is 33.7 Å². The van der Waals surface area contributed by atoms with E-state index in [1.54, 1.807) is 0 Å². The highest BCUT2D eigenvalue weighted by Crippen LogP contribution is 2.13. The van der Waals surface area contributed by atoms with Crippen LogP contribution in [0.25, 0.3) is 0 Å². The normalized spacial score (nSPS) is 12.2. The van der Waals surface area contributed by atoms with Gasteiger partial charge in [-0.2, -0.15) is 0 Å². The lowest BCUT2D eigenvalue weighted by molar-refractivity contribution is -0.152. The van der Waals surface area contributed by atoms with Gasteiger partial charge in [0.2, 0.25) is 0 Å². The van der Waals surface area contributed by atoms with Gasteiger partial charge < -0.3 is 24.6 Å². The lowest BCUT2D eigenvalue weighted by atomic mass is 10.1. The van der Waals surface area contributed by atoms with Crippen molar-refractivity contribution in [2.24, 2.45) is 0 Å². The van der Waals surface area contributed by atoms with Crippen LogP contribution in [0.1, 0.15) is 201 Å². The number of nitrogens with zero attached hydrogens (tertiary/aromatic N) is 1. The summed E-state index contributed by atoms with van der Waals surface area (Å²) in [6.45, 7) is 8.39. The van der Waals surface area contributed by atoms with E-state index in [1.165, 1.54) is 103 Å². The highest BCUT2D eigenvalue weighted by atomic mass is 16.6. The van der Waals surface area contributed by atoms with Gasteiger partial charge in [0, 0.05) is 32.5 Å². The predicted octanol–water partition coefficient (Wildman–Crippen LogP) is 11.6. The first kappa shape index (κ1) is 52.6. The topological polar surface area (TPSA) is 114 Å². The van der Waals surface area contributed by atoms with Gasteiger partial charge in [-0.3, -0.25) is 14.5 Å². The number of alkyl carbamates (subject to hydrolysis) is 1. The maximum Gasteiger partial charge on any atom is 0.407 e. The van der Waals surface area contributed by atoms with Crippen molar-refractivity contribution in [2.45, 2.75) is 207 Å². The highest BCUT2D eigenvalue weighted by Gasteiger charge is 2.19. The molecular formula is C46H86N2O7. The number of carbonyl (C=O) groups is 3. The van der Waals surface area contributed by atoms with Crippen LogP contribution in [0.4, 0.5) is 4.79 Å². The average molecular weight is 779 g/mol. The summed E-state index contributed by atoms with van der Waals surface area (Å²) in [7, 11) is 0. The standard InChI is InChI=1S/C46H86N2O7/c1-4-7-9-11-13-15-17-19-21-23-25-27-29-31-33-35-44(50)53-41-43(55-46(52)47-37-38-48(6-3)39-40-49)42-54-45(51)36-34-32-30-28-26-24-22-20-18-16-14-12-10-8-5-2/h19-22,43,49H,4-18,23-42H2,1-3H3,(H,47,52). The summed E-state index contributed by atoms with van der Waals surface area (Å²) in [5.74, 6) is -0.678. The third kappa shape index (κ3) is 39.6. The first-order chi connectivity index (χ1) is 27.0. The van der Waals surface area contributed by atoms with Gasteiger partial charge in [-0.1, -0.05) is 148 Å². The van der Waals surface area contributed by atoms with Gasteiger partial charge in [-0.05, 0) is 70.8 Å². The number of amides is 1. The Bertz CT molecular complexity index is 870. The number of ether oxygens (including phenoxy) is 3. The molecule has 0 aromatic rings. The van der Waals surface area contributed by atoms with Crippen molar-refractivity contribution in [2.75, 3.05) is 46.0 Å². The molecule has 0 radical (unpaired) electrons. The molecule has 0 fully saturated rings. The summed E-state index contributed by atoms with van der Waals surface area (Å²) in [5, 5.41) is 11.9. The monoisotopic (exact) mass is 779 g/mol.